The van der Waals surface area contributed by atoms with Crippen LogP contribution in [-0.4, -0.2) is 24.1 Å². The highest BCUT2D eigenvalue weighted by Crippen LogP contribution is 2.28. The van der Waals surface area contributed by atoms with Crippen molar-refractivity contribution >= 4 is 6.09 Å². The molecule has 0 aromatic carbocycles. The van der Waals surface area contributed by atoms with Gasteiger partial charge in [-0.25, -0.2) is 9.90 Å². The molecule has 4 nitrogen and oxygen atoms in total. The third-order valence-electron chi connectivity index (χ3n) is 1.61. The smallest absolute Gasteiger partial charge is 0.302 e. The van der Waals surface area contributed by atoms with Crippen molar-refractivity contribution in [3.05, 3.63) is 0 Å². The molecule has 0 saturated carbocycles. The number of nitriles is 1. The van der Waals surface area contributed by atoms with E-state index in [-0.39, 0.29) is 13.1 Å². The Bertz CT molecular complexity index is 200. The van der Waals surface area contributed by atoms with Crippen LogP contribution in [0.15, 0.2) is 0 Å². The average molecular weight is 139 g/mol. The van der Waals surface area contributed by atoms with Crippen molar-refractivity contribution in [3.8, 4) is 6.07 Å². The van der Waals surface area contributed by atoms with E-state index in [1.165, 1.54) is 0 Å². The standard InChI is InChI=1S/C6H7N2O2/c1-6(2-7)3-8(4-6)5(9)10/h3-4H2,1H3. The first-order valence-electron chi connectivity index (χ1n) is 2.95. The molecular weight excluding hydrogens is 132 g/mol. The maximum Gasteiger partial charge on any atom is 0.453 e. The highest BCUT2D eigenvalue weighted by molar-refractivity contribution is 5.66. The largest absolute Gasteiger partial charge is 0.453 e. The molecule has 1 radical (unpaired) electrons. The van der Waals surface area contributed by atoms with Gasteiger partial charge in [-0.3, -0.25) is 0 Å². The summed E-state index contributed by atoms with van der Waals surface area (Å²) < 4.78 is 0. The van der Waals surface area contributed by atoms with Crippen molar-refractivity contribution in [2.24, 2.45) is 5.41 Å². The van der Waals surface area contributed by atoms with Gasteiger partial charge in [0.25, 0.3) is 0 Å². The number of hydrogen-bond donors (Lipinski definition) is 0. The number of nitrogens with zero attached hydrogens (tertiary/aromatic N) is 2. The molecule has 0 bridgehead atoms. The van der Waals surface area contributed by atoms with Crippen LogP contribution < -0.4 is 0 Å². The van der Waals surface area contributed by atoms with E-state index in [4.69, 9.17) is 5.26 Å². The maximum absolute atomic E-state index is 10.1. The molecule has 1 heterocycles. The van der Waals surface area contributed by atoms with Crippen molar-refractivity contribution in [3.63, 3.8) is 0 Å². The molecule has 0 unspecified atom stereocenters. The summed E-state index contributed by atoms with van der Waals surface area (Å²) in [6.45, 7) is 2.30. The zero-order valence-corrected chi connectivity index (χ0v) is 5.63. The van der Waals surface area contributed by atoms with Crippen LogP contribution in [0.2, 0.25) is 0 Å². The zero-order valence-electron chi connectivity index (χ0n) is 5.63. The summed E-state index contributed by atoms with van der Waals surface area (Å²) in [5.74, 6) is 0. The highest BCUT2D eigenvalue weighted by Gasteiger charge is 2.42. The zero-order chi connectivity index (χ0) is 7.78. The van der Waals surface area contributed by atoms with Crippen LogP contribution in [0.1, 0.15) is 6.92 Å². The molecule has 0 atom stereocenters. The minimum atomic E-state index is -1.19. The molecule has 4 heteroatoms. The molecule has 1 amide bonds. The number of carbonyl (C=O) groups is 1. The van der Waals surface area contributed by atoms with Gasteiger partial charge in [0.15, 0.2) is 0 Å². The van der Waals surface area contributed by atoms with Crippen LogP contribution in [0.4, 0.5) is 4.79 Å². The second-order valence-electron chi connectivity index (χ2n) is 2.79. The van der Waals surface area contributed by atoms with Gasteiger partial charge in [-0.2, -0.15) is 5.26 Å². The Balaban J connectivity index is 2.46. The fraction of sp³-hybridized carbons (Fsp3) is 0.667. The molecule has 0 aromatic rings. The summed E-state index contributed by atoms with van der Waals surface area (Å²) in [5.41, 5.74) is -0.472. The fourth-order valence-electron chi connectivity index (χ4n) is 0.996. The van der Waals surface area contributed by atoms with Crippen LogP contribution in [0.25, 0.3) is 0 Å². The van der Waals surface area contributed by atoms with Crippen molar-refractivity contribution in [1.82, 2.24) is 4.90 Å². The summed E-state index contributed by atoms with van der Waals surface area (Å²) in [4.78, 5) is 11.2. The van der Waals surface area contributed by atoms with Gasteiger partial charge < -0.3 is 4.90 Å². The lowest BCUT2D eigenvalue weighted by Crippen LogP contribution is -2.55. The van der Waals surface area contributed by atoms with Crippen LogP contribution in [0.5, 0.6) is 0 Å². The van der Waals surface area contributed by atoms with E-state index in [9.17, 15) is 9.90 Å². The molecule has 0 aliphatic carbocycles. The number of likely N-dealkylation sites (tertiary alicyclic amines) is 1. The predicted molar refractivity (Wildman–Crippen MR) is 31.4 cm³/mol. The number of amides is 1. The monoisotopic (exact) mass is 139 g/mol. The number of hydrogen-bond acceptors (Lipinski definition) is 2. The van der Waals surface area contributed by atoms with Gasteiger partial charge in [0.1, 0.15) is 0 Å². The van der Waals surface area contributed by atoms with Gasteiger partial charge in [0.2, 0.25) is 0 Å². The number of carbonyl (C=O) groups excluding carboxylic acids is 1. The lowest BCUT2D eigenvalue weighted by Gasteiger charge is -2.40. The Kier molecular flexibility index (Phi) is 1.29. The van der Waals surface area contributed by atoms with E-state index < -0.39 is 11.5 Å². The molecule has 1 rings (SSSR count). The van der Waals surface area contributed by atoms with Gasteiger partial charge >= 0.3 is 6.09 Å². The third-order valence-corrected chi connectivity index (χ3v) is 1.61. The van der Waals surface area contributed by atoms with Crippen LogP contribution >= 0.6 is 0 Å². The van der Waals surface area contributed by atoms with Crippen LogP contribution in [0.3, 0.4) is 0 Å². The molecule has 1 aliphatic heterocycles. The molecule has 53 valence electrons. The van der Waals surface area contributed by atoms with E-state index >= 15 is 0 Å². The van der Waals surface area contributed by atoms with Crippen molar-refractivity contribution in [2.75, 3.05) is 13.1 Å². The minimum Gasteiger partial charge on any atom is -0.302 e. The molecule has 0 aromatic heterocycles. The summed E-state index contributed by atoms with van der Waals surface area (Å²) in [6, 6.07) is 2.03. The van der Waals surface area contributed by atoms with Crippen LogP contribution in [-0.2, 0) is 5.11 Å². The molecule has 1 fully saturated rings. The minimum absolute atomic E-state index is 0.284. The topological polar surface area (TPSA) is 64.0 Å². The first-order valence-corrected chi connectivity index (χ1v) is 2.95. The van der Waals surface area contributed by atoms with Crippen molar-refractivity contribution in [2.45, 2.75) is 6.92 Å². The lowest BCUT2D eigenvalue weighted by molar-refractivity contribution is 0.0416. The quantitative estimate of drug-likeness (QED) is 0.487. The van der Waals surface area contributed by atoms with E-state index in [0.29, 0.717) is 0 Å². The Morgan fingerprint density at radius 3 is 2.50 bits per heavy atom. The molecule has 0 N–H and O–H groups in total. The molecule has 10 heavy (non-hydrogen) atoms. The van der Waals surface area contributed by atoms with Gasteiger partial charge in [-0.1, -0.05) is 0 Å². The van der Waals surface area contributed by atoms with Crippen molar-refractivity contribution < 1.29 is 9.90 Å². The number of rotatable bonds is 0. The highest BCUT2D eigenvalue weighted by atomic mass is 16.4. The summed E-state index contributed by atoms with van der Waals surface area (Å²) in [7, 11) is 0. The van der Waals surface area contributed by atoms with Gasteiger partial charge in [0, 0.05) is 13.1 Å². The van der Waals surface area contributed by atoms with Gasteiger partial charge in [-0.05, 0) is 6.92 Å². The fourth-order valence-corrected chi connectivity index (χ4v) is 0.996. The van der Waals surface area contributed by atoms with E-state index in [0.717, 1.165) is 4.90 Å². The first-order chi connectivity index (χ1) is 4.57. The Morgan fingerprint density at radius 1 is 1.70 bits per heavy atom. The molecule has 1 aliphatic rings. The molecule has 0 spiro atoms. The van der Waals surface area contributed by atoms with E-state index in [1.54, 1.807) is 6.92 Å². The maximum atomic E-state index is 10.1. The summed E-state index contributed by atoms with van der Waals surface area (Å²) >= 11 is 0. The van der Waals surface area contributed by atoms with E-state index in [2.05, 4.69) is 0 Å². The lowest BCUT2D eigenvalue weighted by atomic mass is 9.84. The normalized spacial score (nSPS) is 21.0. The van der Waals surface area contributed by atoms with Crippen molar-refractivity contribution in [1.29, 1.82) is 5.26 Å². The second kappa shape index (κ2) is 1.87. The Hall–Kier alpha value is -1.24. The Labute approximate surface area is 58.7 Å². The first kappa shape index (κ1) is 6.87. The molecule has 1 saturated heterocycles. The summed E-state index contributed by atoms with van der Waals surface area (Å²) in [6.07, 6.45) is -1.19. The molecular formula is C6H7N2O2. The third kappa shape index (κ3) is 0.903. The van der Waals surface area contributed by atoms with Gasteiger partial charge in [0.05, 0.1) is 11.5 Å². The predicted octanol–water partition coefficient (Wildman–Crippen LogP) is 0.382. The van der Waals surface area contributed by atoms with Gasteiger partial charge in [-0.15, -0.1) is 0 Å². The van der Waals surface area contributed by atoms with E-state index in [1.807, 2.05) is 6.07 Å². The SMILES string of the molecule is CC1(C#N)CN(C([O])=O)C1. The average Bonchev–Trinajstić information content (AvgIpc) is 1.80. The second-order valence-corrected chi connectivity index (χ2v) is 2.79. The Morgan fingerprint density at radius 2 is 2.20 bits per heavy atom. The summed E-state index contributed by atoms with van der Waals surface area (Å²) in [5, 5.41) is 18.5. The van der Waals surface area contributed by atoms with Crippen LogP contribution in [0, 0.1) is 16.7 Å².